The molecule has 1 aliphatic heterocycles. The van der Waals surface area contributed by atoms with E-state index in [9.17, 15) is 28.0 Å². The second kappa shape index (κ2) is 14.7. The van der Waals surface area contributed by atoms with Gasteiger partial charge in [-0.1, -0.05) is 13.0 Å². The van der Waals surface area contributed by atoms with Crippen LogP contribution in [0.25, 0.3) is 0 Å². The van der Waals surface area contributed by atoms with Gasteiger partial charge in [0, 0.05) is 63.6 Å². The molecule has 11 nitrogen and oxygen atoms in total. The zero-order valence-corrected chi connectivity index (χ0v) is 27.9. The average molecular weight is 674 g/mol. The minimum atomic E-state index is -2.86. The summed E-state index contributed by atoms with van der Waals surface area (Å²) in [6, 6.07) is 3.78. The number of aromatic nitrogens is 2. The highest BCUT2D eigenvalue weighted by molar-refractivity contribution is 6.00. The number of rotatable bonds is 11. The molecular weight excluding hydrogens is 627 g/mol. The highest BCUT2D eigenvalue weighted by Gasteiger charge is 2.55. The van der Waals surface area contributed by atoms with Crippen LogP contribution in [0.15, 0.2) is 30.5 Å². The first-order chi connectivity index (χ1) is 22.9. The predicted molar refractivity (Wildman–Crippen MR) is 173 cm³/mol. The number of hydrogen-bond donors (Lipinski definition) is 3. The topological polar surface area (TPSA) is 129 Å². The van der Waals surface area contributed by atoms with E-state index in [4.69, 9.17) is 0 Å². The fourth-order valence-electron chi connectivity index (χ4n) is 6.94. The highest BCUT2D eigenvalue weighted by atomic mass is 19.3. The highest BCUT2D eigenvalue weighted by Crippen LogP contribution is 2.52. The number of benzene rings is 1. The Morgan fingerprint density at radius 2 is 1.71 bits per heavy atom. The fourth-order valence-corrected chi connectivity index (χ4v) is 6.94. The summed E-state index contributed by atoms with van der Waals surface area (Å²) in [5, 5.41) is 12.3. The Morgan fingerprint density at radius 3 is 2.35 bits per heavy atom. The van der Waals surface area contributed by atoms with E-state index in [2.05, 4.69) is 25.9 Å². The van der Waals surface area contributed by atoms with Crippen molar-refractivity contribution in [2.75, 3.05) is 38.5 Å². The second-order valence-electron chi connectivity index (χ2n) is 13.4. The van der Waals surface area contributed by atoms with Crippen LogP contribution in [0.1, 0.15) is 81.3 Å². The van der Waals surface area contributed by atoms with Crippen molar-refractivity contribution >= 4 is 29.3 Å². The standard InChI is InChI=1S/C34H46F3N7O4/c1-4-27(45)40-29(32(48)43-19-17-42(3)18-20-43)33(14-15-33)23-8-9-25(24(35)21-23)39-31(47)28(22-7-6-12-34(36,37)13-10-22)41-30(46)26-11-16-38-44(26)5-2/h8-9,11,16,21-22,28-29H,4-7,10,12-15,17-20H2,1-3H3,(H,39,47)(H,40,45)(H,41,46)/t22-,28+,29+/m1/s1. The summed E-state index contributed by atoms with van der Waals surface area (Å²) in [4.78, 5) is 57.2. The van der Waals surface area contributed by atoms with Gasteiger partial charge in [0.05, 0.1) is 5.69 Å². The molecule has 1 saturated heterocycles. The van der Waals surface area contributed by atoms with Crippen molar-refractivity contribution < 1.29 is 32.3 Å². The lowest BCUT2D eigenvalue weighted by molar-refractivity contribution is -0.138. The number of hydrogen-bond acceptors (Lipinski definition) is 6. The largest absolute Gasteiger partial charge is 0.343 e. The molecule has 3 aliphatic rings. The molecule has 4 amide bonds. The minimum Gasteiger partial charge on any atom is -0.343 e. The number of anilines is 1. The zero-order chi connectivity index (χ0) is 34.6. The number of carbonyl (C=O) groups is 4. The van der Waals surface area contributed by atoms with Crippen LogP contribution in [-0.4, -0.2) is 94.4 Å². The van der Waals surface area contributed by atoms with Gasteiger partial charge in [-0.25, -0.2) is 13.2 Å². The number of piperazine rings is 1. The number of nitrogens with one attached hydrogen (secondary N) is 3. The Hall–Kier alpha value is -3.94. The molecular formula is C34H46F3N7O4. The van der Waals surface area contributed by atoms with E-state index in [-0.39, 0.29) is 55.3 Å². The van der Waals surface area contributed by atoms with Crippen LogP contribution < -0.4 is 16.0 Å². The first kappa shape index (κ1) is 35.4. The number of likely N-dealkylation sites (N-methyl/N-ethyl adjacent to an activating group) is 1. The van der Waals surface area contributed by atoms with Crippen LogP contribution >= 0.6 is 0 Å². The van der Waals surface area contributed by atoms with Crippen LogP contribution in [0.4, 0.5) is 18.9 Å². The monoisotopic (exact) mass is 673 g/mol. The Kier molecular flexibility index (Phi) is 10.8. The number of aryl methyl sites for hydroxylation is 1. The van der Waals surface area contributed by atoms with E-state index in [1.165, 1.54) is 29.1 Å². The Bertz CT molecular complexity index is 1500. The van der Waals surface area contributed by atoms with Gasteiger partial charge in [-0.15, -0.1) is 0 Å². The molecule has 2 aliphatic carbocycles. The molecule has 0 unspecified atom stereocenters. The smallest absolute Gasteiger partial charge is 0.270 e. The number of alkyl halides is 2. The Morgan fingerprint density at radius 1 is 0.979 bits per heavy atom. The molecule has 5 rings (SSSR count). The summed E-state index contributed by atoms with van der Waals surface area (Å²) < 4.78 is 45.8. The molecule has 2 saturated carbocycles. The molecule has 0 spiro atoms. The van der Waals surface area contributed by atoms with Crippen molar-refractivity contribution in [3.63, 3.8) is 0 Å². The van der Waals surface area contributed by atoms with Crippen molar-refractivity contribution in [1.29, 1.82) is 0 Å². The van der Waals surface area contributed by atoms with E-state index < -0.39 is 53.4 Å². The molecule has 14 heteroatoms. The van der Waals surface area contributed by atoms with Crippen LogP contribution in [0.5, 0.6) is 0 Å². The van der Waals surface area contributed by atoms with Crippen molar-refractivity contribution in [2.45, 2.75) is 95.2 Å². The number of halogens is 3. The second-order valence-corrected chi connectivity index (χ2v) is 13.4. The molecule has 0 radical (unpaired) electrons. The summed E-state index contributed by atoms with van der Waals surface area (Å²) in [6.07, 6.45) is 2.55. The molecule has 1 aromatic carbocycles. The lowest BCUT2D eigenvalue weighted by Crippen LogP contribution is -2.58. The SMILES string of the molecule is CCC(=O)N[C@@H](C(=O)N1CCN(C)CC1)C1(c2ccc(NC(=O)[C@@H](NC(=O)c3ccnn3CC)[C@@H]3CCCC(F)(F)CC3)c(F)c2)CC1. The lowest BCUT2D eigenvalue weighted by Gasteiger charge is -2.37. The minimum absolute atomic E-state index is 0.00848. The van der Waals surface area contributed by atoms with E-state index >= 15 is 4.39 Å². The number of nitrogens with zero attached hydrogens (tertiary/aromatic N) is 4. The molecule has 0 bridgehead atoms. The molecule has 2 heterocycles. The van der Waals surface area contributed by atoms with Gasteiger partial charge in [-0.05, 0) is 75.8 Å². The molecule has 262 valence electrons. The molecule has 3 N–H and O–H groups in total. The zero-order valence-electron chi connectivity index (χ0n) is 27.9. The van der Waals surface area contributed by atoms with Gasteiger partial charge in [0.2, 0.25) is 23.6 Å². The predicted octanol–water partition coefficient (Wildman–Crippen LogP) is 3.70. The third kappa shape index (κ3) is 7.85. The molecule has 48 heavy (non-hydrogen) atoms. The van der Waals surface area contributed by atoms with Gasteiger partial charge in [0.1, 0.15) is 23.6 Å². The van der Waals surface area contributed by atoms with E-state index in [1.54, 1.807) is 17.9 Å². The quantitative estimate of drug-likeness (QED) is 0.312. The maximum absolute atomic E-state index is 15.8. The van der Waals surface area contributed by atoms with Gasteiger partial charge in [-0.2, -0.15) is 5.10 Å². The van der Waals surface area contributed by atoms with Crippen LogP contribution in [0.2, 0.25) is 0 Å². The normalized spacial score (nSPS) is 21.8. The maximum atomic E-state index is 15.8. The van der Waals surface area contributed by atoms with Crippen molar-refractivity contribution in [2.24, 2.45) is 5.92 Å². The van der Waals surface area contributed by atoms with Gasteiger partial charge in [0.25, 0.3) is 5.91 Å². The molecule has 2 aromatic rings. The van der Waals surface area contributed by atoms with Gasteiger partial charge in [-0.3, -0.25) is 23.9 Å². The lowest BCUT2D eigenvalue weighted by atomic mass is 9.86. The number of carbonyl (C=O) groups excluding carboxylic acids is 4. The molecule has 1 aromatic heterocycles. The molecule has 3 fully saturated rings. The van der Waals surface area contributed by atoms with Gasteiger partial charge in [0.15, 0.2) is 0 Å². The Labute approximate surface area is 279 Å². The summed E-state index contributed by atoms with van der Waals surface area (Å²) in [5.41, 5.74) is -0.185. The van der Waals surface area contributed by atoms with Crippen LogP contribution in [0, 0.1) is 11.7 Å². The summed E-state index contributed by atoms with van der Waals surface area (Å²) in [6.45, 7) is 6.40. The fraction of sp³-hybridized carbons (Fsp3) is 0.618. The third-order valence-electron chi connectivity index (χ3n) is 10.1. The van der Waals surface area contributed by atoms with Crippen molar-refractivity contribution in [3.8, 4) is 0 Å². The summed E-state index contributed by atoms with van der Waals surface area (Å²) in [5.74, 6) is -5.97. The Balaban J connectivity index is 1.37. The number of amides is 4. The average Bonchev–Trinajstić information content (AvgIpc) is 3.76. The van der Waals surface area contributed by atoms with E-state index in [0.29, 0.717) is 51.1 Å². The van der Waals surface area contributed by atoms with Gasteiger partial charge >= 0.3 is 0 Å². The summed E-state index contributed by atoms with van der Waals surface area (Å²) in [7, 11) is 1.98. The van der Waals surface area contributed by atoms with Crippen LogP contribution in [0.3, 0.4) is 0 Å². The first-order valence-corrected chi connectivity index (χ1v) is 17.0. The van der Waals surface area contributed by atoms with Crippen molar-refractivity contribution in [3.05, 3.63) is 47.5 Å². The maximum Gasteiger partial charge on any atom is 0.270 e. The van der Waals surface area contributed by atoms with Crippen molar-refractivity contribution in [1.82, 2.24) is 30.2 Å². The van der Waals surface area contributed by atoms with E-state index in [1.807, 2.05) is 14.0 Å². The van der Waals surface area contributed by atoms with Crippen LogP contribution in [-0.2, 0) is 26.3 Å². The molecule has 3 atom stereocenters. The summed E-state index contributed by atoms with van der Waals surface area (Å²) >= 11 is 0. The van der Waals surface area contributed by atoms with E-state index in [0.717, 1.165) is 0 Å². The first-order valence-electron chi connectivity index (χ1n) is 17.0. The third-order valence-corrected chi connectivity index (χ3v) is 10.1. The van der Waals surface area contributed by atoms with Gasteiger partial charge < -0.3 is 25.8 Å².